The van der Waals surface area contributed by atoms with Gasteiger partial charge in [-0.1, -0.05) is 41.6 Å². The van der Waals surface area contributed by atoms with Crippen LogP contribution in [-0.2, 0) is 12.8 Å². The molecule has 0 spiro atoms. The molecule has 3 aromatic rings. The summed E-state index contributed by atoms with van der Waals surface area (Å²) in [5, 5.41) is 5.58. The van der Waals surface area contributed by atoms with E-state index >= 15 is 0 Å². The van der Waals surface area contributed by atoms with E-state index in [9.17, 15) is 4.39 Å². The molecule has 0 amide bonds. The second-order valence-corrected chi connectivity index (χ2v) is 9.68. The van der Waals surface area contributed by atoms with Crippen molar-refractivity contribution >= 4 is 11.0 Å². The molecule has 0 radical (unpaired) electrons. The van der Waals surface area contributed by atoms with E-state index in [1.54, 1.807) is 0 Å². The smallest absolute Gasteiger partial charge is 0.170 e. The van der Waals surface area contributed by atoms with E-state index in [1.165, 1.54) is 68.5 Å². The van der Waals surface area contributed by atoms with Crippen molar-refractivity contribution in [1.82, 2.24) is 10.1 Å². The summed E-state index contributed by atoms with van der Waals surface area (Å²) >= 11 is 0. The molecule has 172 valence electrons. The van der Waals surface area contributed by atoms with E-state index in [2.05, 4.69) is 47.3 Å². The summed E-state index contributed by atoms with van der Waals surface area (Å²) in [5.41, 5.74) is 6.90. The molecule has 0 atom stereocenters. The Morgan fingerprint density at radius 3 is 2.64 bits per heavy atom. The largest absolute Gasteiger partial charge is 0.356 e. The number of likely N-dealkylation sites (tertiary alicyclic amines) is 1. The van der Waals surface area contributed by atoms with Crippen LogP contribution in [0.25, 0.3) is 11.0 Å². The zero-order chi connectivity index (χ0) is 22.6. The molecule has 5 rings (SSSR count). The molecule has 1 aliphatic carbocycles. The molecule has 1 aromatic heterocycles. The third-order valence-electron chi connectivity index (χ3n) is 7.36. The summed E-state index contributed by atoms with van der Waals surface area (Å²) in [7, 11) is 0. The molecule has 3 nitrogen and oxygen atoms in total. The summed E-state index contributed by atoms with van der Waals surface area (Å²) in [6, 6.07) is 11.1. The van der Waals surface area contributed by atoms with E-state index in [1.807, 2.05) is 12.1 Å². The molecule has 1 saturated heterocycles. The predicted octanol–water partition coefficient (Wildman–Crippen LogP) is 6.79. The van der Waals surface area contributed by atoms with Gasteiger partial charge in [-0.05, 0) is 111 Å². The summed E-state index contributed by atoms with van der Waals surface area (Å²) in [5.74, 6) is 0.568. The Morgan fingerprint density at radius 2 is 1.88 bits per heavy atom. The van der Waals surface area contributed by atoms with Gasteiger partial charge in [0.2, 0.25) is 0 Å². The molecular weight excluding hydrogens is 411 g/mol. The quantitative estimate of drug-likeness (QED) is 0.402. The van der Waals surface area contributed by atoms with Crippen molar-refractivity contribution in [1.29, 1.82) is 0 Å². The molecule has 0 bridgehead atoms. The number of halogens is 1. The van der Waals surface area contributed by atoms with Gasteiger partial charge in [0.25, 0.3) is 0 Å². The van der Waals surface area contributed by atoms with Gasteiger partial charge in [-0.25, -0.2) is 4.39 Å². The number of benzene rings is 2. The fourth-order valence-electron chi connectivity index (χ4n) is 5.24. The highest BCUT2D eigenvalue weighted by atomic mass is 19.1. The van der Waals surface area contributed by atoms with Crippen molar-refractivity contribution < 1.29 is 8.91 Å². The number of piperidine rings is 1. The molecular formula is C29H33FN2O. The van der Waals surface area contributed by atoms with E-state index in [0.29, 0.717) is 0 Å². The summed E-state index contributed by atoms with van der Waals surface area (Å²) in [4.78, 5) is 2.61. The minimum Gasteiger partial charge on any atom is -0.356 e. The van der Waals surface area contributed by atoms with Crippen molar-refractivity contribution in [3.05, 3.63) is 88.4 Å². The van der Waals surface area contributed by atoms with Crippen LogP contribution in [0.1, 0.15) is 54.5 Å². The van der Waals surface area contributed by atoms with Gasteiger partial charge in [-0.2, -0.15) is 0 Å². The van der Waals surface area contributed by atoms with Gasteiger partial charge < -0.3 is 4.52 Å². The van der Waals surface area contributed by atoms with Gasteiger partial charge in [0.1, 0.15) is 5.82 Å². The second-order valence-electron chi connectivity index (χ2n) is 9.68. The molecule has 2 aromatic carbocycles. The first-order valence-corrected chi connectivity index (χ1v) is 12.3. The average molecular weight is 445 g/mol. The zero-order valence-electron chi connectivity index (χ0n) is 19.5. The molecule has 1 aliphatic heterocycles. The van der Waals surface area contributed by atoms with Crippen molar-refractivity contribution in [3.8, 4) is 0 Å². The maximum atomic E-state index is 13.2. The Balaban J connectivity index is 1.17. The maximum Gasteiger partial charge on any atom is 0.170 e. The number of hydrogen-bond acceptors (Lipinski definition) is 3. The van der Waals surface area contributed by atoms with E-state index < -0.39 is 0 Å². The standard InChI is InChI=1S/C29H33FN2O/c1-21-25(19-23-7-11-26(30)12-8-23)10-13-27-28(31-33-29(21)27)14-9-22-15-17-32(18-16-22)20-24-5-3-2-4-6-24/h3,5-8,10-13,22H,2,4,9,14-20H2,1H3. The highest BCUT2D eigenvalue weighted by Crippen LogP contribution is 2.29. The Labute approximate surface area is 196 Å². The molecule has 2 aliphatic rings. The van der Waals surface area contributed by atoms with Crippen LogP contribution in [0.4, 0.5) is 4.39 Å². The lowest BCUT2D eigenvalue weighted by molar-refractivity contribution is 0.192. The maximum absolute atomic E-state index is 13.2. The monoisotopic (exact) mass is 444 g/mol. The van der Waals surface area contributed by atoms with E-state index in [0.717, 1.165) is 53.1 Å². The Morgan fingerprint density at radius 1 is 1.06 bits per heavy atom. The van der Waals surface area contributed by atoms with Crippen LogP contribution < -0.4 is 0 Å². The van der Waals surface area contributed by atoms with Crippen LogP contribution in [0, 0.1) is 18.7 Å². The topological polar surface area (TPSA) is 29.3 Å². The van der Waals surface area contributed by atoms with Crippen molar-refractivity contribution in [3.63, 3.8) is 0 Å². The minimum atomic E-state index is -0.199. The fourth-order valence-corrected chi connectivity index (χ4v) is 5.24. The van der Waals surface area contributed by atoms with E-state index in [-0.39, 0.29) is 5.82 Å². The third-order valence-corrected chi connectivity index (χ3v) is 7.36. The minimum absolute atomic E-state index is 0.199. The first-order valence-electron chi connectivity index (χ1n) is 12.3. The zero-order valence-corrected chi connectivity index (χ0v) is 19.5. The lowest BCUT2D eigenvalue weighted by Crippen LogP contribution is -2.35. The summed E-state index contributed by atoms with van der Waals surface area (Å²) in [6.07, 6.45) is 14.9. The van der Waals surface area contributed by atoms with Crippen LogP contribution in [0.5, 0.6) is 0 Å². The van der Waals surface area contributed by atoms with Gasteiger partial charge >= 0.3 is 0 Å². The first-order chi connectivity index (χ1) is 16.2. The van der Waals surface area contributed by atoms with Gasteiger partial charge in [0.05, 0.1) is 5.69 Å². The Hall–Kier alpha value is -2.72. The van der Waals surface area contributed by atoms with E-state index in [4.69, 9.17) is 4.52 Å². The summed E-state index contributed by atoms with van der Waals surface area (Å²) in [6.45, 7) is 5.60. The Kier molecular flexibility index (Phi) is 6.73. The lowest BCUT2D eigenvalue weighted by atomic mass is 9.90. The molecule has 1 fully saturated rings. The number of nitrogens with zero attached hydrogens (tertiary/aromatic N) is 2. The van der Waals surface area contributed by atoms with Crippen molar-refractivity contribution in [2.75, 3.05) is 19.6 Å². The first kappa shape index (κ1) is 22.1. The fraction of sp³-hybridized carbons (Fsp3) is 0.414. The third kappa shape index (κ3) is 5.27. The highest BCUT2D eigenvalue weighted by Gasteiger charge is 2.21. The number of aryl methyl sites for hydroxylation is 2. The lowest BCUT2D eigenvalue weighted by Gasteiger charge is -2.32. The number of allylic oxidation sites excluding steroid dienone is 2. The number of fused-ring (bicyclic) bond motifs is 1. The number of hydrogen-bond donors (Lipinski definition) is 0. The number of aromatic nitrogens is 1. The Bertz CT molecular complexity index is 1150. The molecule has 2 heterocycles. The SMILES string of the molecule is Cc1c(Cc2ccc(F)cc2)ccc2c(CCC3CCN(CC4=CCCC=C4)CC3)noc12. The van der Waals surface area contributed by atoms with Crippen LogP contribution >= 0.6 is 0 Å². The molecule has 0 saturated carbocycles. The highest BCUT2D eigenvalue weighted by molar-refractivity contribution is 5.83. The average Bonchev–Trinajstić information content (AvgIpc) is 3.26. The van der Waals surface area contributed by atoms with Crippen LogP contribution in [-0.4, -0.2) is 29.7 Å². The second kappa shape index (κ2) is 10.0. The molecule has 0 N–H and O–H groups in total. The molecule has 4 heteroatoms. The van der Waals surface area contributed by atoms with Crippen LogP contribution in [0.15, 0.2) is 64.7 Å². The normalized spacial score (nSPS) is 17.6. The van der Waals surface area contributed by atoms with Gasteiger partial charge in [-0.15, -0.1) is 0 Å². The predicted molar refractivity (Wildman–Crippen MR) is 132 cm³/mol. The van der Waals surface area contributed by atoms with Crippen molar-refractivity contribution in [2.24, 2.45) is 5.92 Å². The van der Waals surface area contributed by atoms with Crippen LogP contribution in [0.3, 0.4) is 0 Å². The van der Waals surface area contributed by atoms with Gasteiger partial charge in [0.15, 0.2) is 5.58 Å². The molecule has 0 unspecified atom stereocenters. The van der Waals surface area contributed by atoms with Crippen LogP contribution in [0.2, 0.25) is 0 Å². The number of rotatable bonds is 7. The van der Waals surface area contributed by atoms with Crippen molar-refractivity contribution in [2.45, 2.75) is 51.9 Å². The molecule has 33 heavy (non-hydrogen) atoms. The van der Waals surface area contributed by atoms with Gasteiger partial charge in [0, 0.05) is 11.9 Å². The van der Waals surface area contributed by atoms with Gasteiger partial charge in [-0.3, -0.25) is 4.90 Å². The summed E-state index contributed by atoms with van der Waals surface area (Å²) < 4.78 is 19.0.